The fraction of sp³-hybridized carbons (Fsp3) is 0.311. The Morgan fingerprint density at radius 3 is 1.98 bits per heavy atom. The number of benzene rings is 5. The lowest BCUT2D eigenvalue weighted by atomic mass is 9.80. The molecule has 1 N–H and O–H groups in total. The highest BCUT2D eigenvalue weighted by Crippen LogP contribution is 2.58. The number of nitrogens with one attached hydrogen (secondary N) is 1. The van der Waals surface area contributed by atoms with Gasteiger partial charge in [0.05, 0.1) is 6.61 Å². The van der Waals surface area contributed by atoms with E-state index in [0.29, 0.717) is 38.8 Å². The molecule has 0 aromatic heterocycles. The standard InChI is InChI=1S/C45H49NO7Si/c1-5-50-54(51-6-2,52-7-3)32-18-29-46-43(47)48-30-31-49-44(4)39-26-17-16-25-37(39)40-35-23-14-15-24-36(35)42-38(41(40)44)27-28-45(53-42,33-19-10-8-11-20-33)34-21-12-9-13-22-34/h8-17,19-28H,5-7,18,29-32H2,1-4H3,(H,46,47). The molecule has 0 radical (unpaired) electrons. The van der Waals surface area contributed by atoms with Gasteiger partial charge in [-0.3, -0.25) is 0 Å². The maximum Gasteiger partial charge on any atom is 0.500 e. The lowest BCUT2D eigenvalue weighted by Gasteiger charge is -2.38. The van der Waals surface area contributed by atoms with Gasteiger partial charge in [-0.05, 0) is 62.3 Å². The molecule has 7 rings (SSSR count). The zero-order valence-corrected chi connectivity index (χ0v) is 32.6. The van der Waals surface area contributed by atoms with Crippen molar-refractivity contribution in [1.82, 2.24) is 5.32 Å². The summed E-state index contributed by atoms with van der Waals surface area (Å²) in [6.07, 6.45) is 4.54. The number of amides is 1. The van der Waals surface area contributed by atoms with Crippen molar-refractivity contribution in [3.8, 4) is 16.9 Å². The van der Waals surface area contributed by atoms with Crippen molar-refractivity contribution in [2.75, 3.05) is 39.6 Å². The first-order valence-corrected chi connectivity index (χ1v) is 21.0. The summed E-state index contributed by atoms with van der Waals surface area (Å²) in [4.78, 5) is 12.8. The first kappa shape index (κ1) is 37.5. The minimum absolute atomic E-state index is 0.0850. The Kier molecular flexibility index (Phi) is 11.3. The van der Waals surface area contributed by atoms with E-state index in [1.165, 1.54) is 0 Å². The molecule has 1 unspecified atom stereocenters. The van der Waals surface area contributed by atoms with Crippen molar-refractivity contribution >= 4 is 31.7 Å². The van der Waals surface area contributed by atoms with Crippen LogP contribution in [-0.2, 0) is 34.0 Å². The summed E-state index contributed by atoms with van der Waals surface area (Å²) in [6.45, 7) is 10.2. The predicted octanol–water partition coefficient (Wildman–Crippen LogP) is 9.61. The van der Waals surface area contributed by atoms with Gasteiger partial charge in [-0.15, -0.1) is 0 Å². The molecule has 8 nitrogen and oxygen atoms in total. The second-order valence-electron chi connectivity index (χ2n) is 13.5. The largest absolute Gasteiger partial charge is 0.500 e. The van der Waals surface area contributed by atoms with Crippen LogP contribution in [0.5, 0.6) is 5.75 Å². The minimum atomic E-state index is -2.78. The van der Waals surface area contributed by atoms with Gasteiger partial charge in [0, 0.05) is 60.0 Å². The van der Waals surface area contributed by atoms with Crippen molar-refractivity contribution in [3.05, 3.63) is 143 Å². The van der Waals surface area contributed by atoms with E-state index in [0.717, 1.165) is 55.5 Å². The highest BCUT2D eigenvalue weighted by Gasteiger charge is 2.47. The van der Waals surface area contributed by atoms with Crippen LogP contribution in [0.1, 0.15) is 61.9 Å². The second kappa shape index (κ2) is 16.3. The lowest BCUT2D eigenvalue weighted by molar-refractivity contribution is -0.0219. The Bertz CT molecular complexity index is 2050. The molecule has 1 atom stereocenters. The van der Waals surface area contributed by atoms with Crippen LogP contribution in [0, 0.1) is 0 Å². The normalized spacial score (nSPS) is 16.7. The van der Waals surface area contributed by atoms with Gasteiger partial charge in [-0.2, -0.15) is 0 Å². The van der Waals surface area contributed by atoms with Gasteiger partial charge in [0.2, 0.25) is 0 Å². The zero-order valence-electron chi connectivity index (χ0n) is 31.6. The van der Waals surface area contributed by atoms with Gasteiger partial charge in [0.1, 0.15) is 18.0 Å². The van der Waals surface area contributed by atoms with Crippen LogP contribution >= 0.6 is 0 Å². The summed E-state index contributed by atoms with van der Waals surface area (Å²) in [5, 5.41) is 4.99. The molecule has 0 bridgehead atoms. The van der Waals surface area contributed by atoms with Crippen molar-refractivity contribution in [2.24, 2.45) is 0 Å². The fourth-order valence-electron chi connectivity index (χ4n) is 8.04. The molecule has 0 spiro atoms. The monoisotopic (exact) mass is 743 g/mol. The third-order valence-corrected chi connectivity index (χ3v) is 13.4. The first-order valence-electron chi connectivity index (χ1n) is 19.0. The molecule has 9 heteroatoms. The van der Waals surface area contributed by atoms with Crippen LogP contribution in [0.2, 0.25) is 6.04 Å². The van der Waals surface area contributed by atoms with Gasteiger partial charge < -0.3 is 32.8 Å². The molecule has 0 fully saturated rings. The van der Waals surface area contributed by atoms with Gasteiger partial charge >= 0.3 is 14.9 Å². The van der Waals surface area contributed by atoms with E-state index in [4.69, 9.17) is 27.5 Å². The van der Waals surface area contributed by atoms with E-state index in [-0.39, 0.29) is 13.2 Å². The van der Waals surface area contributed by atoms with E-state index < -0.39 is 26.1 Å². The van der Waals surface area contributed by atoms with E-state index >= 15 is 0 Å². The third-order valence-electron chi connectivity index (χ3n) is 10.3. The van der Waals surface area contributed by atoms with Gasteiger partial charge in [0.25, 0.3) is 0 Å². The van der Waals surface area contributed by atoms with Crippen molar-refractivity contribution in [3.63, 3.8) is 0 Å². The summed E-state index contributed by atoms with van der Waals surface area (Å²) in [6, 6.07) is 38.2. The fourth-order valence-corrected chi connectivity index (χ4v) is 10.7. The molecule has 5 aromatic rings. The molecule has 54 heavy (non-hydrogen) atoms. The number of rotatable bonds is 16. The number of carbonyl (C=O) groups excluding carboxylic acids is 1. The van der Waals surface area contributed by atoms with Crippen molar-refractivity contribution in [2.45, 2.75) is 51.4 Å². The predicted molar refractivity (Wildman–Crippen MR) is 215 cm³/mol. The van der Waals surface area contributed by atoms with Gasteiger partial charge in [-0.1, -0.05) is 115 Å². The van der Waals surface area contributed by atoms with Crippen LogP contribution in [0.4, 0.5) is 4.79 Å². The molecule has 1 amide bonds. The quantitative estimate of drug-likeness (QED) is 0.0796. The Labute approximate surface area is 319 Å². The Morgan fingerprint density at radius 2 is 1.33 bits per heavy atom. The van der Waals surface area contributed by atoms with Gasteiger partial charge in [0.15, 0.2) is 5.60 Å². The average molecular weight is 744 g/mol. The number of ether oxygens (including phenoxy) is 3. The summed E-state index contributed by atoms with van der Waals surface area (Å²) < 4.78 is 37.6. The number of hydrogen-bond acceptors (Lipinski definition) is 7. The smallest absolute Gasteiger partial charge is 0.472 e. The molecule has 2 aliphatic rings. The maximum atomic E-state index is 12.8. The van der Waals surface area contributed by atoms with Crippen molar-refractivity contribution in [1.29, 1.82) is 0 Å². The minimum Gasteiger partial charge on any atom is -0.472 e. The molecule has 280 valence electrons. The highest BCUT2D eigenvalue weighted by atomic mass is 28.4. The van der Waals surface area contributed by atoms with E-state index in [2.05, 4.69) is 115 Å². The Hall–Kier alpha value is -4.77. The first-order chi connectivity index (χ1) is 26.4. The summed E-state index contributed by atoms with van der Waals surface area (Å²) in [5.41, 5.74) is 5.73. The molecule has 1 heterocycles. The molecule has 1 aliphatic heterocycles. The molecular weight excluding hydrogens is 695 g/mol. The van der Waals surface area contributed by atoms with E-state index in [1.54, 1.807) is 0 Å². The zero-order chi connectivity index (χ0) is 37.6. The molecule has 5 aromatic carbocycles. The number of hydrogen-bond donors (Lipinski definition) is 1. The lowest BCUT2D eigenvalue weighted by Crippen LogP contribution is -2.46. The molecular formula is C45H49NO7Si. The van der Waals surface area contributed by atoms with Crippen LogP contribution in [0.3, 0.4) is 0 Å². The maximum absolute atomic E-state index is 12.8. The number of fused-ring (bicyclic) bond motifs is 8. The summed E-state index contributed by atoms with van der Waals surface area (Å²) in [7, 11) is -2.78. The SMILES string of the molecule is CCO[Si](CCCNC(=O)OCCOC1(C)c2ccccc2-c2c1c1c(c3ccccc23)OC(c2ccccc2)(c2ccccc2)C=C1)(OCC)OCC. The van der Waals surface area contributed by atoms with Crippen molar-refractivity contribution < 1.29 is 32.3 Å². The van der Waals surface area contributed by atoms with E-state index in [1.807, 2.05) is 39.0 Å². The number of carbonyl (C=O) groups is 1. The Balaban J connectivity index is 1.15. The third kappa shape index (κ3) is 6.98. The molecule has 1 aliphatic carbocycles. The molecule has 0 saturated heterocycles. The Morgan fingerprint density at radius 1 is 0.741 bits per heavy atom. The van der Waals surface area contributed by atoms with E-state index in [9.17, 15) is 4.79 Å². The highest BCUT2D eigenvalue weighted by molar-refractivity contribution is 6.60. The summed E-state index contributed by atoms with van der Waals surface area (Å²) in [5.74, 6) is 0.808. The average Bonchev–Trinajstić information content (AvgIpc) is 3.47. The van der Waals surface area contributed by atoms with Crippen LogP contribution in [-0.4, -0.2) is 54.5 Å². The van der Waals surface area contributed by atoms with Crippen LogP contribution < -0.4 is 10.1 Å². The topological polar surface area (TPSA) is 84.5 Å². The van der Waals surface area contributed by atoms with Crippen LogP contribution in [0.25, 0.3) is 28.0 Å². The van der Waals surface area contributed by atoms with Crippen LogP contribution in [0.15, 0.2) is 115 Å². The second-order valence-corrected chi connectivity index (χ2v) is 16.2. The van der Waals surface area contributed by atoms with Gasteiger partial charge in [-0.25, -0.2) is 4.79 Å². The summed E-state index contributed by atoms with van der Waals surface area (Å²) >= 11 is 0. The number of alkyl carbamates (subject to hydrolysis) is 1. The molecule has 0 saturated carbocycles.